The summed E-state index contributed by atoms with van der Waals surface area (Å²) < 4.78 is 0. The molecule has 1 fully saturated rings. The molecule has 1 N–H and O–H groups in total. The van der Waals surface area contributed by atoms with E-state index in [-0.39, 0.29) is 17.9 Å². The Morgan fingerprint density at radius 1 is 0.639 bits per heavy atom. The van der Waals surface area contributed by atoms with Gasteiger partial charge in [-0.05, 0) is 29.9 Å². The van der Waals surface area contributed by atoms with E-state index in [1.165, 1.54) is 0 Å². The standard InChI is InChI=1S/C33H32N2O/c36-33(35-31(27-19-9-3-10-20-27)28-21-11-4-12-22-28)32(29-23-13-14-24-29)34-30(25-15-5-1-6-16-25)26-17-7-2-8-18-26/h1-12,15-22,29,31-32H,13-14,23-24H2,(H,35,36)/t32-/m1/s1. The van der Waals surface area contributed by atoms with Gasteiger partial charge < -0.3 is 5.32 Å². The van der Waals surface area contributed by atoms with E-state index >= 15 is 0 Å². The Morgan fingerprint density at radius 2 is 1.06 bits per heavy atom. The smallest absolute Gasteiger partial charge is 0.245 e. The van der Waals surface area contributed by atoms with E-state index in [1.54, 1.807) is 0 Å². The van der Waals surface area contributed by atoms with Crippen molar-refractivity contribution in [3.8, 4) is 0 Å². The highest BCUT2D eigenvalue weighted by atomic mass is 16.2. The molecule has 0 heterocycles. The maximum absolute atomic E-state index is 14.1. The van der Waals surface area contributed by atoms with Crippen LogP contribution in [0.25, 0.3) is 0 Å². The molecule has 1 aliphatic rings. The molecule has 0 bridgehead atoms. The van der Waals surface area contributed by atoms with Gasteiger partial charge in [-0.15, -0.1) is 0 Å². The average Bonchev–Trinajstić information content (AvgIpc) is 3.49. The molecule has 180 valence electrons. The quantitative estimate of drug-likeness (QED) is 0.276. The molecule has 1 amide bonds. The van der Waals surface area contributed by atoms with Crippen LogP contribution in [0.1, 0.15) is 54.0 Å². The van der Waals surface area contributed by atoms with Gasteiger partial charge in [0.25, 0.3) is 0 Å². The fourth-order valence-electron chi connectivity index (χ4n) is 5.18. The summed E-state index contributed by atoms with van der Waals surface area (Å²) in [5.41, 5.74) is 5.07. The molecule has 0 aromatic heterocycles. The predicted molar refractivity (Wildman–Crippen MR) is 147 cm³/mol. The first-order valence-electron chi connectivity index (χ1n) is 12.9. The van der Waals surface area contributed by atoms with Gasteiger partial charge in [0.15, 0.2) is 0 Å². The highest BCUT2D eigenvalue weighted by molar-refractivity contribution is 6.13. The third-order valence-electron chi connectivity index (χ3n) is 7.03. The van der Waals surface area contributed by atoms with Crippen LogP contribution in [-0.4, -0.2) is 17.7 Å². The molecule has 5 rings (SSSR count). The van der Waals surface area contributed by atoms with Crippen LogP contribution in [0.4, 0.5) is 0 Å². The van der Waals surface area contributed by atoms with Crippen molar-refractivity contribution in [1.82, 2.24) is 5.32 Å². The van der Waals surface area contributed by atoms with Crippen LogP contribution in [0.3, 0.4) is 0 Å². The lowest BCUT2D eigenvalue weighted by molar-refractivity contribution is -0.123. The lowest BCUT2D eigenvalue weighted by Gasteiger charge is -2.25. The Bertz CT molecular complexity index is 1180. The summed E-state index contributed by atoms with van der Waals surface area (Å²) in [6.45, 7) is 0. The van der Waals surface area contributed by atoms with Crippen molar-refractivity contribution in [2.24, 2.45) is 10.9 Å². The van der Waals surface area contributed by atoms with Crippen molar-refractivity contribution in [2.45, 2.75) is 37.8 Å². The van der Waals surface area contributed by atoms with Gasteiger partial charge in [0.2, 0.25) is 5.91 Å². The topological polar surface area (TPSA) is 41.5 Å². The summed E-state index contributed by atoms with van der Waals surface area (Å²) >= 11 is 0. The second-order valence-corrected chi connectivity index (χ2v) is 9.46. The summed E-state index contributed by atoms with van der Waals surface area (Å²) in [6, 6.07) is 40.2. The molecule has 1 saturated carbocycles. The first kappa shape index (κ1) is 23.7. The minimum Gasteiger partial charge on any atom is -0.343 e. The number of carbonyl (C=O) groups is 1. The van der Waals surface area contributed by atoms with Crippen LogP contribution >= 0.6 is 0 Å². The van der Waals surface area contributed by atoms with E-state index in [2.05, 4.69) is 53.8 Å². The number of hydrogen-bond donors (Lipinski definition) is 1. The van der Waals surface area contributed by atoms with Crippen LogP contribution in [0.5, 0.6) is 0 Å². The van der Waals surface area contributed by atoms with Crippen LogP contribution < -0.4 is 5.32 Å². The van der Waals surface area contributed by atoms with Crippen LogP contribution in [0, 0.1) is 5.92 Å². The minimum absolute atomic E-state index is 0.0102. The lowest BCUT2D eigenvalue weighted by atomic mass is 9.94. The monoisotopic (exact) mass is 472 g/mol. The number of hydrogen-bond acceptors (Lipinski definition) is 2. The Morgan fingerprint density at radius 3 is 1.50 bits per heavy atom. The molecule has 0 saturated heterocycles. The number of nitrogens with zero attached hydrogens (tertiary/aromatic N) is 1. The van der Waals surface area contributed by atoms with Crippen LogP contribution in [0.15, 0.2) is 126 Å². The van der Waals surface area contributed by atoms with E-state index in [1.807, 2.05) is 72.8 Å². The largest absolute Gasteiger partial charge is 0.343 e. The second-order valence-electron chi connectivity index (χ2n) is 9.46. The third kappa shape index (κ3) is 5.63. The molecule has 36 heavy (non-hydrogen) atoms. The third-order valence-corrected chi connectivity index (χ3v) is 7.03. The van der Waals surface area contributed by atoms with E-state index in [4.69, 9.17) is 4.99 Å². The van der Waals surface area contributed by atoms with Gasteiger partial charge in [-0.2, -0.15) is 0 Å². The van der Waals surface area contributed by atoms with E-state index in [9.17, 15) is 4.79 Å². The molecule has 1 aliphatic carbocycles. The van der Waals surface area contributed by atoms with E-state index in [0.29, 0.717) is 0 Å². The number of amides is 1. The first-order valence-corrected chi connectivity index (χ1v) is 12.9. The zero-order valence-electron chi connectivity index (χ0n) is 20.5. The molecule has 0 radical (unpaired) electrons. The first-order chi connectivity index (χ1) is 17.8. The van der Waals surface area contributed by atoms with Gasteiger partial charge >= 0.3 is 0 Å². The normalized spacial score (nSPS) is 14.4. The van der Waals surface area contributed by atoms with Gasteiger partial charge in [-0.25, -0.2) is 0 Å². The fraction of sp³-hybridized carbons (Fsp3) is 0.212. The minimum atomic E-state index is -0.446. The Hall–Kier alpha value is -3.98. The number of nitrogens with one attached hydrogen (secondary N) is 1. The van der Waals surface area contributed by atoms with Crippen molar-refractivity contribution in [3.05, 3.63) is 144 Å². The van der Waals surface area contributed by atoms with Crippen molar-refractivity contribution >= 4 is 11.6 Å². The molecular weight excluding hydrogens is 440 g/mol. The summed E-state index contributed by atoms with van der Waals surface area (Å²) in [7, 11) is 0. The van der Waals surface area contributed by atoms with Gasteiger partial charge in [-0.3, -0.25) is 9.79 Å². The Balaban J connectivity index is 1.54. The van der Waals surface area contributed by atoms with Crippen molar-refractivity contribution in [3.63, 3.8) is 0 Å². The molecule has 4 aromatic rings. The number of benzene rings is 4. The van der Waals surface area contributed by atoms with Gasteiger partial charge in [0, 0.05) is 11.1 Å². The average molecular weight is 473 g/mol. The van der Waals surface area contributed by atoms with Crippen molar-refractivity contribution in [1.29, 1.82) is 0 Å². The summed E-state index contributed by atoms with van der Waals surface area (Å²) in [5.74, 6) is 0.226. The second kappa shape index (κ2) is 11.6. The molecule has 3 heteroatoms. The highest BCUT2D eigenvalue weighted by Gasteiger charge is 2.32. The van der Waals surface area contributed by atoms with Crippen molar-refractivity contribution in [2.75, 3.05) is 0 Å². The van der Waals surface area contributed by atoms with Gasteiger partial charge in [0.1, 0.15) is 6.04 Å². The predicted octanol–water partition coefficient (Wildman–Crippen LogP) is 6.99. The summed E-state index contributed by atoms with van der Waals surface area (Å²) in [5, 5.41) is 3.39. The molecule has 3 nitrogen and oxygen atoms in total. The molecule has 0 aliphatic heterocycles. The van der Waals surface area contributed by atoms with Gasteiger partial charge in [-0.1, -0.05) is 134 Å². The van der Waals surface area contributed by atoms with Crippen LogP contribution in [0.2, 0.25) is 0 Å². The fourth-order valence-corrected chi connectivity index (χ4v) is 5.18. The Labute approximate surface area is 213 Å². The molecule has 4 aromatic carbocycles. The van der Waals surface area contributed by atoms with Crippen molar-refractivity contribution < 1.29 is 4.79 Å². The highest BCUT2D eigenvalue weighted by Crippen LogP contribution is 2.31. The molecule has 0 spiro atoms. The summed E-state index contributed by atoms with van der Waals surface area (Å²) in [4.78, 5) is 19.3. The SMILES string of the molecule is O=C(NC(c1ccccc1)c1ccccc1)[C@H](N=C(c1ccccc1)c1ccccc1)C1CCCC1. The van der Waals surface area contributed by atoms with Gasteiger partial charge in [0.05, 0.1) is 11.8 Å². The van der Waals surface area contributed by atoms with Crippen LogP contribution in [-0.2, 0) is 4.79 Å². The zero-order valence-corrected chi connectivity index (χ0v) is 20.5. The number of rotatable bonds is 8. The lowest BCUT2D eigenvalue weighted by Crippen LogP contribution is -2.40. The van der Waals surface area contributed by atoms with E-state index < -0.39 is 6.04 Å². The maximum Gasteiger partial charge on any atom is 0.245 e. The summed E-state index contributed by atoms with van der Waals surface area (Å²) in [6.07, 6.45) is 4.35. The number of aliphatic imine (C=N–C) groups is 1. The molecule has 1 atom stereocenters. The van der Waals surface area contributed by atoms with E-state index in [0.717, 1.165) is 53.6 Å². The molecular formula is C33H32N2O. The Kier molecular flexibility index (Phi) is 7.67. The molecule has 0 unspecified atom stereocenters. The number of carbonyl (C=O) groups excluding carboxylic acids is 1. The maximum atomic E-state index is 14.1. The zero-order chi connectivity index (χ0) is 24.6.